The Morgan fingerprint density at radius 3 is 1.02 bits per heavy atom. The number of nitrogens with two attached hydrogens (primary N) is 2. The van der Waals surface area contributed by atoms with Crippen LogP contribution in [0, 0.1) is 0 Å². The van der Waals surface area contributed by atoms with Crippen LogP contribution in [0.15, 0.2) is 36.4 Å². The summed E-state index contributed by atoms with van der Waals surface area (Å²) in [6.45, 7) is 0. The molecule has 0 bridgehead atoms. The zero-order valence-electron chi connectivity index (χ0n) is 26.3. The fourth-order valence-corrected chi connectivity index (χ4v) is 8.04. The first kappa shape index (κ1) is 34.4. The van der Waals surface area contributed by atoms with Gasteiger partial charge in [-0.05, 0) is 133 Å². The van der Waals surface area contributed by atoms with Crippen molar-refractivity contribution in [3.8, 4) is 11.5 Å². The second-order valence-electron chi connectivity index (χ2n) is 13.7. The quantitative estimate of drug-likeness (QED) is 0.355. The summed E-state index contributed by atoms with van der Waals surface area (Å²) in [4.78, 5) is 0. The number of halogens is 2. The fourth-order valence-electron chi connectivity index (χ4n) is 7.65. The zero-order chi connectivity index (χ0) is 30.3. The molecule has 2 aromatic carbocycles. The van der Waals surface area contributed by atoms with Gasteiger partial charge in [-0.1, -0.05) is 72.1 Å². The van der Waals surface area contributed by atoms with Crippen molar-refractivity contribution in [2.45, 2.75) is 159 Å². The van der Waals surface area contributed by atoms with E-state index in [0.717, 1.165) is 24.2 Å². The summed E-state index contributed by atoms with van der Waals surface area (Å²) in [5.74, 6) is -0.262. The van der Waals surface area contributed by atoms with Crippen LogP contribution in [0.2, 0.25) is 10.0 Å². The Balaban J connectivity index is 0.000000150. The van der Waals surface area contributed by atoms with E-state index in [1.165, 1.54) is 153 Å². The monoisotopic (exact) mass is 630 g/mol. The number of rotatable bonds is 6. The van der Waals surface area contributed by atoms with Crippen molar-refractivity contribution in [3.05, 3.63) is 57.6 Å². The molecule has 240 valence electrons. The first-order valence-electron chi connectivity index (χ1n) is 17.6. The summed E-state index contributed by atoms with van der Waals surface area (Å²) >= 11 is 11.6. The molecule has 0 amide bonds. The van der Waals surface area contributed by atoms with Crippen LogP contribution in [-0.2, 0) is 6.42 Å². The lowest BCUT2D eigenvalue weighted by Crippen LogP contribution is -2.95. The summed E-state index contributed by atoms with van der Waals surface area (Å²) in [5.41, 5.74) is 0.994. The second-order valence-corrected chi connectivity index (χ2v) is 14.5. The van der Waals surface area contributed by atoms with Crippen LogP contribution in [0.4, 0.5) is 0 Å². The highest BCUT2D eigenvalue weighted by Crippen LogP contribution is 2.27. The van der Waals surface area contributed by atoms with Crippen LogP contribution in [-0.4, -0.2) is 24.2 Å². The first-order chi connectivity index (χ1) is 21.0. The van der Waals surface area contributed by atoms with Crippen molar-refractivity contribution in [1.29, 1.82) is 0 Å². The van der Waals surface area contributed by atoms with Gasteiger partial charge in [-0.3, -0.25) is 0 Å². The van der Waals surface area contributed by atoms with Gasteiger partial charge in [0, 0.05) is 10.0 Å². The minimum atomic E-state index is -0.131. The van der Waals surface area contributed by atoms with Crippen LogP contribution in [0.25, 0.3) is 0 Å². The molecular weight excluding hydrogens is 575 g/mol. The highest BCUT2D eigenvalue weighted by Gasteiger charge is 2.24. The smallest absolute Gasteiger partial charge is 0.0861 e. The van der Waals surface area contributed by atoms with E-state index in [4.69, 9.17) is 23.2 Å². The molecule has 4 aliphatic rings. The van der Waals surface area contributed by atoms with Crippen molar-refractivity contribution in [1.82, 2.24) is 0 Å². The van der Waals surface area contributed by atoms with Crippen molar-refractivity contribution < 1.29 is 20.8 Å². The topological polar surface area (TPSA) is 79.3 Å². The largest absolute Gasteiger partial charge is 0.872 e. The van der Waals surface area contributed by atoms with E-state index in [1.807, 2.05) is 0 Å². The minimum absolute atomic E-state index is 0.131. The Bertz CT molecular complexity index is 941. The van der Waals surface area contributed by atoms with Gasteiger partial charge in [-0.15, -0.1) is 11.5 Å². The van der Waals surface area contributed by atoms with Crippen LogP contribution in [0.5, 0.6) is 11.5 Å². The second kappa shape index (κ2) is 19.1. The highest BCUT2D eigenvalue weighted by atomic mass is 35.5. The Kier molecular flexibility index (Phi) is 15.3. The van der Waals surface area contributed by atoms with Gasteiger partial charge in [-0.25, -0.2) is 0 Å². The number of hydrogen-bond acceptors (Lipinski definition) is 2. The molecule has 0 atom stereocenters. The number of hydrogen-bond donors (Lipinski definition) is 2. The average molecular weight is 632 g/mol. The highest BCUT2D eigenvalue weighted by molar-refractivity contribution is 6.31. The predicted octanol–water partition coefficient (Wildman–Crippen LogP) is 7.16. The summed E-state index contributed by atoms with van der Waals surface area (Å²) in [5, 5.41) is 29.6. The third-order valence-corrected chi connectivity index (χ3v) is 10.6. The molecule has 0 heterocycles. The molecule has 2 aromatic rings. The molecule has 43 heavy (non-hydrogen) atoms. The van der Waals surface area contributed by atoms with Gasteiger partial charge in [0.05, 0.1) is 24.2 Å². The van der Waals surface area contributed by atoms with E-state index < -0.39 is 0 Å². The van der Waals surface area contributed by atoms with E-state index in [1.54, 1.807) is 12.1 Å². The van der Waals surface area contributed by atoms with Crippen molar-refractivity contribution in [3.63, 3.8) is 0 Å². The van der Waals surface area contributed by atoms with E-state index in [0.29, 0.717) is 21.2 Å². The molecule has 4 saturated carbocycles. The minimum Gasteiger partial charge on any atom is -0.872 e. The van der Waals surface area contributed by atoms with Crippen LogP contribution < -0.4 is 20.8 Å². The third kappa shape index (κ3) is 12.8. The predicted molar refractivity (Wildman–Crippen MR) is 176 cm³/mol. The summed E-state index contributed by atoms with van der Waals surface area (Å²) in [7, 11) is 0. The van der Waals surface area contributed by atoms with Gasteiger partial charge >= 0.3 is 0 Å². The lowest BCUT2D eigenvalue weighted by Gasteiger charge is -2.27. The maximum atomic E-state index is 11.6. The van der Waals surface area contributed by atoms with Crippen molar-refractivity contribution in [2.24, 2.45) is 0 Å². The van der Waals surface area contributed by atoms with Crippen LogP contribution >= 0.6 is 23.2 Å². The Hall–Kier alpha value is -1.46. The average Bonchev–Trinajstić information content (AvgIpc) is 3.03. The summed E-state index contributed by atoms with van der Waals surface area (Å²) < 4.78 is 0. The lowest BCUT2D eigenvalue weighted by molar-refractivity contribution is -0.726. The van der Waals surface area contributed by atoms with E-state index in [-0.39, 0.29) is 17.9 Å². The Morgan fingerprint density at radius 2 is 0.744 bits per heavy atom. The molecule has 0 aromatic heterocycles. The van der Waals surface area contributed by atoms with E-state index in [9.17, 15) is 10.2 Å². The molecule has 6 heteroatoms. The van der Waals surface area contributed by atoms with Gasteiger partial charge in [0.1, 0.15) is 0 Å². The maximum absolute atomic E-state index is 11.6. The summed E-state index contributed by atoms with van der Waals surface area (Å²) in [6, 6.07) is 13.0. The number of benzene rings is 2. The fraction of sp³-hybridized carbons (Fsp3) is 0.676. The molecule has 0 saturated heterocycles. The van der Waals surface area contributed by atoms with Gasteiger partial charge in [0.15, 0.2) is 0 Å². The van der Waals surface area contributed by atoms with Crippen LogP contribution in [0.1, 0.15) is 140 Å². The van der Waals surface area contributed by atoms with Crippen LogP contribution in [0.3, 0.4) is 0 Å². The third-order valence-electron chi connectivity index (χ3n) is 10.1. The summed E-state index contributed by atoms with van der Waals surface area (Å²) in [6.07, 6.45) is 30.2. The normalized spacial score (nSPS) is 20.9. The van der Waals surface area contributed by atoms with E-state index in [2.05, 4.69) is 10.6 Å². The Labute approximate surface area is 271 Å². The van der Waals surface area contributed by atoms with Crippen molar-refractivity contribution in [2.75, 3.05) is 0 Å². The zero-order valence-corrected chi connectivity index (χ0v) is 27.9. The SMILES string of the molecule is C1CCC([NH2+]C2CCCCC2)CC1.C1CCC([NH2+]C2CCCCC2)CC1.[O-]c1ccc(Cl)cc1Cc1cc(Cl)ccc1[O-]. The first-order valence-corrected chi connectivity index (χ1v) is 18.3. The maximum Gasteiger partial charge on any atom is 0.0861 e. The molecule has 0 radical (unpaired) electrons. The van der Waals surface area contributed by atoms with Gasteiger partial charge in [-0.2, -0.15) is 0 Å². The molecule has 4 nitrogen and oxygen atoms in total. The molecule has 4 fully saturated rings. The Morgan fingerprint density at radius 1 is 0.465 bits per heavy atom. The van der Waals surface area contributed by atoms with Crippen molar-refractivity contribution >= 4 is 23.2 Å². The van der Waals surface area contributed by atoms with Gasteiger partial charge in [0.25, 0.3) is 0 Å². The van der Waals surface area contributed by atoms with E-state index >= 15 is 0 Å². The lowest BCUT2D eigenvalue weighted by atomic mass is 9.91. The molecule has 4 N–H and O–H groups in total. The molecule has 0 spiro atoms. The number of quaternary nitrogens is 2. The molecule has 4 aliphatic carbocycles. The molecular formula is C37H56Cl2N2O2. The molecule has 0 aliphatic heterocycles. The molecule has 6 rings (SSSR count). The van der Waals surface area contributed by atoms with Gasteiger partial charge in [0.2, 0.25) is 0 Å². The van der Waals surface area contributed by atoms with Gasteiger partial charge < -0.3 is 20.8 Å². The molecule has 0 unspecified atom stereocenters. The standard InChI is InChI=1S/C13H10Cl2O2.2C12H23N/c14-10-1-3-12(16)8(6-10)5-9-7-11(15)2-4-13(9)17;2*1-3-7-11(8-4-1)13-12-9-5-2-6-10-12/h1-4,6-7,16-17H,5H2;2*11-13H,1-10H2.